The number of piperidine rings is 1. The second-order valence-electron chi connectivity index (χ2n) is 5.27. The van der Waals surface area contributed by atoms with Gasteiger partial charge in [-0.15, -0.1) is 0 Å². The van der Waals surface area contributed by atoms with E-state index >= 15 is 0 Å². The Kier molecular flexibility index (Phi) is 2.75. The zero-order valence-electron chi connectivity index (χ0n) is 10.3. The maximum Gasteiger partial charge on any atom is 0.152 e. The van der Waals surface area contributed by atoms with Crippen LogP contribution in [0.15, 0.2) is 24.3 Å². The first-order chi connectivity index (χ1) is 7.49. The second-order valence-corrected chi connectivity index (χ2v) is 5.27. The lowest BCUT2D eigenvalue weighted by Gasteiger charge is -2.43. The molecule has 16 heavy (non-hydrogen) atoms. The molecule has 0 aromatic heterocycles. The molecule has 0 radical (unpaired) electrons. The third kappa shape index (κ3) is 2.11. The highest BCUT2D eigenvalue weighted by Crippen LogP contribution is 2.31. The minimum absolute atomic E-state index is 0.0865. The van der Waals surface area contributed by atoms with Crippen LogP contribution in [0.2, 0.25) is 0 Å². The molecule has 0 spiro atoms. The summed E-state index contributed by atoms with van der Waals surface area (Å²) in [6, 6.07) is 8.42. The van der Waals surface area contributed by atoms with Crippen molar-refractivity contribution in [1.29, 1.82) is 0 Å². The first kappa shape index (κ1) is 11.2. The van der Waals surface area contributed by atoms with Gasteiger partial charge in [-0.3, -0.25) is 4.79 Å². The fourth-order valence-corrected chi connectivity index (χ4v) is 2.22. The number of nitrogens with zero attached hydrogens (tertiary/aromatic N) is 1. The number of aryl methyl sites for hydroxylation is 1. The van der Waals surface area contributed by atoms with E-state index in [0.29, 0.717) is 12.3 Å². The summed E-state index contributed by atoms with van der Waals surface area (Å²) >= 11 is 0. The van der Waals surface area contributed by atoms with Crippen molar-refractivity contribution in [3.05, 3.63) is 29.8 Å². The van der Waals surface area contributed by atoms with Gasteiger partial charge >= 0.3 is 0 Å². The fourth-order valence-electron chi connectivity index (χ4n) is 2.22. The summed E-state index contributed by atoms with van der Waals surface area (Å²) in [6.07, 6.45) is 1.66. The van der Waals surface area contributed by atoms with Crippen molar-refractivity contribution >= 4 is 11.5 Å². The van der Waals surface area contributed by atoms with Gasteiger partial charge < -0.3 is 4.90 Å². The summed E-state index contributed by atoms with van der Waals surface area (Å²) < 4.78 is 0. The van der Waals surface area contributed by atoms with Gasteiger partial charge in [-0.2, -0.15) is 0 Å². The van der Waals surface area contributed by atoms with Gasteiger partial charge in [0.25, 0.3) is 0 Å². The van der Waals surface area contributed by atoms with Gasteiger partial charge in [-0.05, 0) is 39.3 Å². The van der Waals surface area contributed by atoms with Crippen molar-refractivity contribution < 1.29 is 4.79 Å². The molecule has 2 rings (SSSR count). The van der Waals surface area contributed by atoms with Crippen LogP contribution in [-0.4, -0.2) is 17.9 Å². The molecule has 86 valence electrons. The SMILES string of the molecule is Cc1ccc(N2CC(=O)CCC2(C)C)cc1. The second kappa shape index (κ2) is 3.93. The highest BCUT2D eigenvalue weighted by Gasteiger charge is 2.33. The smallest absolute Gasteiger partial charge is 0.152 e. The lowest BCUT2D eigenvalue weighted by atomic mass is 9.89. The number of rotatable bonds is 1. The van der Waals surface area contributed by atoms with E-state index < -0.39 is 0 Å². The summed E-state index contributed by atoms with van der Waals surface area (Å²) in [5.41, 5.74) is 2.50. The molecule has 0 atom stereocenters. The molecule has 1 fully saturated rings. The summed E-state index contributed by atoms with van der Waals surface area (Å²) in [5.74, 6) is 0.347. The molecule has 1 aromatic rings. The van der Waals surface area contributed by atoms with Gasteiger partial charge in [-0.25, -0.2) is 0 Å². The third-order valence-electron chi connectivity index (χ3n) is 3.43. The number of Topliss-reactive ketones (excluding diaryl/α,β-unsaturated/α-hetero) is 1. The zero-order chi connectivity index (χ0) is 11.8. The zero-order valence-corrected chi connectivity index (χ0v) is 10.3. The molecule has 2 heteroatoms. The highest BCUT2D eigenvalue weighted by molar-refractivity contribution is 5.85. The quantitative estimate of drug-likeness (QED) is 0.721. The molecule has 0 saturated carbocycles. The van der Waals surface area contributed by atoms with E-state index in [2.05, 4.69) is 49.9 Å². The van der Waals surface area contributed by atoms with E-state index in [0.717, 1.165) is 18.5 Å². The largest absolute Gasteiger partial charge is 0.359 e. The first-order valence-electron chi connectivity index (χ1n) is 5.85. The molecule has 2 nitrogen and oxygen atoms in total. The molecule has 1 saturated heterocycles. The van der Waals surface area contributed by atoms with Crippen LogP contribution in [0.5, 0.6) is 0 Å². The van der Waals surface area contributed by atoms with Crippen LogP contribution in [0.3, 0.4) is 0 Å². The Balaban J connectivity index is 2.30. The maximum atomic E-state index is 11.6. The first-order valence-corrected chi connectivity index (χ1v) is 5.85. The Morgan fingerprint density at radius 2 is 1.81 bits per heavy atom. The summed E-state index contributed by atoms with van der Waals surface area (Å²) in [6.45, 7) is 7.05. The molecule has 1 aliphatic heterocycles. The van der Waals surface area contributed by atoms with Crippen molar-refractivity contribution in [2.45, 2.75) is 39.2 Å². The molecule has 0 N–H and O–H groups in total. The van der Waals surface area contributed by atoms with Crippen LogP contribution in [0.25, 0.3) is 0 Å². The van der Waals surface area contributed by atoms with Crippen LogP contribution in [-0.2, 0) is 4.79 Å². The predicted molar refractivity (Wildman–Crippen MR) is 66.8 cm³/mol. The van der Waals surface area contributed by atoms with E-state index in [-0.39, 0.29) is 5.54 Å². The number of carbonyl (C=O) groups excluding carboxylic acids is 1. The third-order valence-corrected chi connectivity index (χ3v) is 3.43. The lowest BCUT2D eigenvalue weighted by molar-refractivity contribution is -0.119. The number of benzene rings is 1. The molecule has 0 unspecified atom stereocenters. The summed E-state index contributed by atoms with van der Waals surface area (Å²) in [7, 11) is 0. The Morgan fingerprint density at radius 3 is 2.44 bits per heavy atom. The molecule has 0 bridgehead atoms. The van der Waals surface area contributed by atoms with Crippen LogP contribution < -0.4 is 4.90 Å². The Bertz CT molecular complexity index is 392. The Labute approximate surface area is 97.3 Å². The molecular weight excluding hydrogens is 198 g/mol. The van der Waals surface area contributed by atoms with E-state index in [1.54, 1.807) is 0 Å². The molecule has 0 aliphatic carbocycles. The number of hydrogen-bond donors (Lipinski definition) is 0. The van der Waals surface area contributed by atoms with E-state index in [1.165, 1.54) is 5.56 Å². The van der Waals surface area contributed by atoms with Crippen molar-refractivity contribution in [3.8, 4) is 0 Å². The van der Waals surface area contributed by atoms with E-state index in [9.17, 15) is 4.79 Å². The summed E-state index contributed by atoms with van der Waals surface area (Å²) in [5, 5.41) is 0. The Morgan fingerprint density at radius 1 is 1.19 bits per heavy atom. The average molecular weight is 217 g/mol. The van der Waals surface area contributed by atoms with Crippen LogP contribution >= 0.6 is 0 Å². The Hall–Kier alpha value is -1.31. The highest BCUT2D eigenvalue weighted by atomic mass is 16.1. The molecular formula is C14H19NO. The van der Waals surface area contributed by atoms with Gasteiger partial charge in [0.2, 0.25) is 0 Å². The minimum atomic E-state index is 0.0865. The van der Waals surface area contributed by atoms with Gasteiger partial charge in [0, 0.05) is 17.6 Å². The van der Waals surface area contributed by atoms with Crippen molar-refractivity contribution in [2.24, 2.45) is 0 Å². The molecule has 1 heterocycles. The van der Waals surface area contributed by atoms with Gasteiger partial charge in [0.1, 0.15) is 0 Å². The van der Waals surface area contributed by atoms with Crippen molar-refractivity contribution in [1.82, 2.24) is 0 Å². The van der Waals surface area contributed by atoms with Crippen LogP contribution in [0, 0.1) is 6.92 Å². The molecule has 1 aromatic carbocycles. The van der Waals surface area contributed by atoms with E-state index in [1.807, 2.05) is 0 Å². The predicted octanol–water partition coefficient (Wildman–Crippen LogP) is 2.94. The summed E-state index contributed by atoms with van der Waals surface area (Å²) in [4.78, 5) is 13.8. The van der Waals surface area contributed by atoms with Crippen molar-refractivity contribution in [2.75, 3.05) is 11.4 Å². The lowest BCUT2D eigenvalue weighted by Crippen LogP contribution is -2.50. The van der Waals surface area contributed by atoms with Gasteiger partial charge in [-0.1, -0.05) is 17.7 Å². The number of ketones is 1. The number of anilines is 1. The van der Waals surface area contributed by atoms with Gasteiger partial charge in [0.15, 0.2) is 5.78 Å². The van der Waals surface area contributed by atoms with Crippen molar-refractivity contribution in [3.63, 3.8) is 0 Å². The number of carbonyl (C=O) groups is 1. The fraction of sp³-hybridized carbons (Fsp3) is 0.500. The average Bonchev–Trinajstić information content (AvgIpc) is 2.23. The monoisotopic (exact) mass is 217 g/mol. The normalized spacial score (nSPS) is 19.9. The van der Waals surface area contributed by atoms with Crippen LogP contribution in [0.4, 0.5) is 5.69 Å². The van der Waals surface area contributed by atoms with Gasteiger partial charge in [0.05, 0.1) is 6.54 Å². The van der Waals surface area contributed by atoms with Crippen LogP contribution in [0.1, 0.15) is 32.3 Å². The molecule has 1 aliphatic rings. The maximum absolute atomic E-state index is 11.6. The standard InChI is InChI=1S/C14H19NO/c1-11-4-6-12(7-5-11)15-10-13(16)8-9-14(15,2)3/h4-7H,8-10H2,1-3H3. The number of hydrogen-bond acceptors (Lipinski definition) is 2. The minimum Gasteiger partial charge on any atom is -0.359 e. The van der Waals surface area contributed by atoms with E-state index in [4.69, 9.17) is 0 Å². The molecule has 0 amide bonds. The topological polar surface area (TPSA) is 20.3 Å².